The Hall–Kier alpha value is -1.83. The molecule has 0 saturated heterocycles. The molecule has 37 heavy (non-hydrogen) atoms. The second-order valence-corrected chi connectivity index (χ2v) is 12.4. The standard InChI is InChI=1S/C21H25.C8H8.C5H5.2ClH.Ti/c1-20(2,3)16-9-7-14-11-15-8-10-17(21(4,5)6)13-19(15)18(14)12-16;1-2-8-6-4-3-5-7-8;1-2-4-5-3-1;;;/h7-13H,1-6H3;3-7H,1H3;1-3H,4H2;2*1H;/q-1;;-1;;;+2/p-2. The van der Waals surface area contributed by atoms with Crippen LogP contribution in [0.4, 0.5) is 0 Å². The minimum absolute atomic E-state index is 0. The van der Waals surface area contributed by atoms with Crippen LogP contribution in [0.5, 0.6) is 0 Å². The van der Waals surface area contributed by atoms with E-state index in [0.717, 1.165) is 6.42 Å². The van der Waals surface area contributed by atoms with E-state index in [9.17, 15) is 0 Å². The number of halogens is 2. The minimum atomic E-state index is 0. The van der Waals surface area contributed by atoms with Crippen molar-refractivity contribution < 1.29 is 44.8 Å². The Morgan fingerprint density at radius 2 is 1.24 bits per heavy atom. The van der Waals surface area contributed by atoms with E-state index >= 15 is 0 Å². The van der Waals surface area contributed by atoms with Gasteiger partial charge in [0.1, 0.15) is 0 Å². The van der Waals surface area contributed by atoms with E-state index < -0.39 is 0 Å². The molecule has 0 nitrogen and oxygen atoms in total. The molecule has 3 heteroatoms. The Morgan fingerprint density at radius 3 is 1.54 bits per heavy atom. The normalized spacial score (nSPS) is 12.1. The first-order valence-corrected chi connectivity index (χ1v) is 13.2. The van der Waals surface area contributed by atoms with Crippen LogP contribution in [0, 0.1) is 6.08 Å². The third-order valence-electron chi connectivity index (χ3n) is 6.23. The van der Waals surface area contributed by atoms with Crippen molar-refractivity contribution in [3.05, 3.63) is 114 Å². The molecule has 5 rings (SSSR count). The van der Waals surface area contributed by atoms with E-state index in [2.05, 4.69) is 147 Å². The van der Waals surface area contributed by atoms with Crippen molar-refractivity contribution in [1.82, 2.24) is 0 Å². The maximum atomic E-state index is 2.99. The topological polar surface area (TPSA) is 0 Å². The fraction of sp³-hybridized carbons (Fsp3) is 0.294. The fourth-order valence-corrected chi connectivity index (χ4v) is 4.22. The number of benzene rings is 3. The summed E-state index contributed by atoms with van der Waals surface area (Å²) in [5, 5.41) is 5.49. The largest absolute Gasteiger partial charge is 1.00 e. The molecule has 0 aromatic heterocycles. The summed E-state index contributed by atoms with van der Waals surface area (Å²) in [6, 6.07) is 26.5. The van der Waals surface area contributed by atoms with Gasteiger partial charge in [-0.1, -0.05) is 76.9 Å². The van der Waals surface area contributed by atoms with Gasteiger partial charge in [-0.05, 0) is 10.8 Å². The molecule has 0 unspecified atom stereocenters. The Bertz CT molecular complexity index is 1270. The fourth-order valence-electron chi connectivity index (χ4n) is 3.96. The molecular formula is C34H38Cl2Ti-2. The summed E-state index contributed by atoms with van der Waals surface area (Å²) in [6.45, 7) is 15.8. The van der Waals surface area contributed by atoms with Gasteiger partial charge in [-0.15, -0.1) is 46.2 Å². The first-order valence-electron chi connectivity index (χ1n) is 12.4. The average Bonchev–Trinajstić information content (AvgIpc) is 3.50. The molecule has 0 amide bonds. The minimum Gasteiger partial charge on any atom is -1.00 e. The molecule has 0 heterocycles. The maximum Gasteiger partial charge on any atom is -0.109 e. The molecule has 0 radical (unpaired) electrons. The van der Waals surface area contributed by atoms with Gasteiger partial charge in [-0.25, -0.2) is 12.2 Å². The first-order chi connectivity index (χ1) is 16.5. The van der Waals surface area contributed by atoms with Gasteiger partial charge >= 0.3 is 66.6 Å². The Balaban J connectivity index is 0.000000354. The summed E-state index contributed by atoms with van der Waals surface area (Å²) in [4.78, 5) is 0. The zero-order chi connectivity index (χ0) is 25.6. The quantitative estimate of drug-likeness (QED) is 0.245. The van der Waals surface area contributed by atoms with Gasteiger partial charge in [0, 0.05) is 0 Å². The predicted molar refractivity (Wildman–Crippen MR) is 152 cm³/mol. The molecule has 4 aromatic rings. The van der Waals surface area contributed by atoms with Crippen LogP contribution in [-0.2, 0) is 30.8 Å². The van der Waals surface area contributed by atoms with Crippen LogP contribution in [0.3, 0.4) is 0 Å². The van der Waals surface area contributed by atoms with Crippen molar-refractivity contribution in [1.29, 1.82) is 0 Å². The second-order valence-electron chi connectivity index (χ2n) is 11.2. The molecule has 0 aliphatic heterocycles. The number of hydrogen-bond acceptors (Lipinski definition) is 0. The summed E-state index contributed by atoms with van der Waals surface area (Å²) < 4.78 is 1.37. The Labute approximate surface area is 248 Å². The van der Waals surface area contributed by atoms with Gasteiger partial charge in [-0.2, -0.15) is 6.08 Å². The molecule has 1 aliphatic rings. The summed E-state index contributed by atoms with van der Waals surface area (Å²) >= 11 is 2.12. The number of hydrogen-bond donors (Lipinski definition) is 0. The van der Waals surface area contributed by atoms with Crippen molar-refractivity contribution in [2.24, 2.45) is 0 Å². The van der Waals surface area contributed by atoms with Gasteiger partial charge in [0.15, 0.2) is 0 Å². The molecule has 4 aromatic carbocycles. The Morgan fingerprint density at radius 1 is 0.757 bits per heavy atom. The van der Waals surface area contributed by atoms with Crippen LogP contribution >= 0.6 is 0 Å². The van der Waals surface area contributed by atoms with E-state index in [0.29, 0.717) is 0 Å². The van der Waals surface area contributed by atoms with Crippen LogP contribution in [0.15, 0.2) is 91.0 Å². The summed E-state index contributed by atoms with van der Waals surface area (Å²) in [7, 11) is 0. The van der Waals surface area contributed by atoms with E-state index in [1.165, 1.54) is 42.0 Å². The second kappa shape index (κ2) is 14.4. The number of rotatable bonds is 1. The summed E-state index contributed by atoms with van der Waals surface area (Å²) in [5.41, 5.74) is 4.53. The average molecular weight is 565 g/mol. The molecule has 0 fully saturated rings. The summed E-state index contributed by atoms with van der Waals surface area (Å²) in [6.07, 6.45) is 10.0. The smallest absolute Gasteiger partial charge is 0.109 e. The zero-order valence-corrected chi connectivity index (χ0v) is 26.2. The van der Waals surface area contributed by atoms with Crippen LogP contribution in [0.1, 0.15) is 71.6 Å². The van der Waals surface area contributed by atoms with E-state index in [1.54, 1.807) is 0 Å². The van der Waals surface area contributed by atoms with Crippen molar-refractivity contribution in [3.8, 4) is 0 Å². The van der Waals surface area contributed by atoms with Crippen LogP contribution in [0.25, 0.3) is 21.5 Å². The van der Waals surface area contributed by atoms with E-state index in [4.69, 9.17) is 0 Å². The molecule has 194 valence electrons. The predicted octanol–water partition coefficient (Wildman–Crippen LogP) is 3.39. The monoisotopic (exact) mass is 564 g/mol. The van der Waals surface area contributed by atoms with Crippen molar-refractivity contribution in [3.63, 3.8) is 0 Å². The van der Waals surface area contributed by atoms with Crippen molar-refractivity contribution >= 4 is 25.4 Å². The summed E-state index contributed by atoms with van der Waals surface area (Å²) in [5.74, 6) is 0. The maximum absolute atomic E-state index is 2.99. The molecule has 0 bridgehead atoms. The Kier molecular flexibility index (Phi) is 12.9. The van der Waals surface area contributed by atoms with Crippen molar-refractivity contribution in [2.75, 3.05) is 0 Å². The molecule has 1 aliphatic carbocycles. The van der Waals surface area contributed by atoms with E-state index in [1.807, 2.05) is 18.2 Å². The number of fused-ring (bicyclic) bond motifs is 3. The van der Waals surface area contributed by atoms with Crippen molar-refractivity contribution in [2.45, 2.75) is 65.7 Å². The zero-order valence-electron chi connectivity index (χ0n) is 23.1. The van der Waals surface area contributed by atoms with E-state index in [-0.39, 0.29) is 35.6 Å². The molecule has 0 atom stereocenters. The number of allylic oxidation sites excluding steroid dienone is 4. The molecule has 0 spiro atoms. The van der Waals surface area contributed by atoms with Gasteiger partial charge in [0.05, 0.1) is 0 Å². The third-order valence-corrected chi connectivity index (χ3v) is 6.68. The SMILES string of the molecule is CC(C)(C)c1ccc2[cH-]c3ccc(C(C)(C)C)cc3c2c1.C[C](=[Ti+2])c1ccccc1.[C-]1=CC=CC1.[Cl-].[Cl-]. The van der Waals surface area contributed by atoms with Crippen LogP contribution in [0.2, 0.25) is 0 Å². The van der Waals surface area contributed by atoms with Gasteiger partial charge in [0.25, 0.3) is 0 Å². The molecule has 0 saturated carbocycles. The first kappa shape index (κ1) is 33.2. The van der Waals surface area contributed by atoms with Gasteiger partial charge in [-0.3, -0.25) is 6.08 Å². The van der Waals surface area contributed by atoms with Crippen LogP contribution in [-0.4, -0.2) is 3.81 Å². The van der Waals surface area contributed by atoms with Gasteiger partial charge < -0.3 is 24.8 Å². The van der Waals surface area contributed by atoms with Crippen LogP contribution < -0.4 is 24.8 Å². The van der Waals surface area contributed by atoms with Gasteiger partial charge in [0.2, 0.25) is 0 Å². The molecule has 0 N–H and O–H groups in total. The molecular weight excluding hydrogens is 527 g/mol. The third kappa shape index (κ3) is 9.45.